The second kappa shape index (κ2) is 4.83. The van der Waals surface area contributed by atoms with Gasteiger partial charge in [0.1, 0.15) is 5.71 Å². The molecule has 1 fully saturated rings. The third-order valence-corrected chi connectivity index (χ3v) is 3.11. The molecular weight excluding hydrogens is 220 g/mol. The summed E-state index contributed by atoms with van der Waals surface area (Å²) in [6.07, 6.45) is 0.836. The van der Waals surface area contributed by atoms with Crippen LogP contribution in [0.1, 0.15) is 19.8 Å². The molecule has 6 nitrogen and oxygen atoms in total. The number of hydrogen-bond acceptors (Lipinski definition) is 4. The van der Waals surface area contributed by atoms with Crippen molar-refractivity contribution >= 4 is 17.5 Å². The Morgan fingerprint density at radius 2 is 2.24 bits per heavy atom. The molecule has 0 spiro atoms. The highest BCUT2D eigenvalue weighted by Gasteiger charge is 2.27. The molecule has 0 aromatic rings. The predicted molar refractivity (Wildman–Crippen MR) is 63.5 cm³/mol. The van der Waals surface area contributed by atoms with Crippen molar-refractivity contribution in [1.29, 1.82) is 0 Å². The SMILES string of the molecule is C[C@@H]1CN(C(=O)C2=NN(C)C(=O)CC2)CCN1. The molecule has 1 saturated heterocycles. The van der Waals surface area contributed by atoms with Gasteiger partial charge in [0, 0.05) is 45.6 Å². The normalized spacial score (nSPS) is 25.9. The lowest BCUT2D eigenvalue weighted by Crippen LogP contribution is -2.53. The maximum absolute atomic E-state index is 12.2. The summed E-state index contributed by atoms with van der Waals surface area (Å²) < 4.78 is 0. The van der Waals surface area contributed by atoms with Gasteiger partial charge in [-0.25, -0.2) is 5.01 Å². The van der Waals surface area contributed by atoms with Crippen molar-refractivity contribution < 1.29 is 9.59 Å². The van der Waals surface area contributed by atoms with Crippen LogP contribution < -0.4 is 5.32 Å². The molecule has 0 aromatic carbocycles. The van der Waals surface area contributed by atoms with Gasteiger partial charge in [0.25, 0.3) is 5.91 Å². The largest absolute Gasteiger partial charge is 0.335 e. The van der Waals surface area contributed by atoms with Gasteiger partial charge in [-0.05, 0) is 6.92 Å². The molecule has 0 aromatic heterocycles. The zero-order valence-corrected chi connectivity index (χ0v) is 10.3. The predicted octanol–water partition coefficient (Wildman–Crippen LogP) is -0.585. The highest BCUT2D eigenvalue weighted by Crippen LogP contribution is 2.10. The molecule has 0 aliphatic carbocycles. The monoisotopic (exact) mass is 238 g/mol. The van der Waals surface area contributed by atoms with Gasteiger partial charge >= 0.3 is 0 Å². The lowest BCUT2D eigenvalue weighted by molar-refractivity contribution is -0.130. The molecule has 0 radical (unpaired) electrons. The summed E-state index contributed by atoms with van der Waals surface area (Å²) in [6.45, 7) is 4.28. The van der Waals surface area contributed by atoms with Gasteiger partial charge in [0.15, 0.2) is 0 Å². The Morgan fingerprint density at radius 1 is 1.47 bits per heavy atom. The van der Waals surface area contributed by atoms with Gasteiger partial charge in [-0.2, -0.15) is 5.10 Å². The molecule has 2 amide bonds. The van der Waals surface area contributed by atoms with Crippen LogP contribution in [0.25, 0.3) is 0 Å². The van der Waals surface area contributed by atoms with Gasteiger partial charge < -0.3 is 10.2 Å². The lowest BCUT2D eigenvalue weighted by Gasteiger charge is -2.33. The minimum absolute atomic E-state index is 0.0299. The van der Waals surface area contributed by atoms with Crippen molar-refractivity contribution in [3.05, 3.63) is 0 Å². The number of piperazine rings is 1. The van der Waals surface area contributed by atoms with Crippen molar-refractivity contribution in [2.45, 2.75) is 25.8 Å². The molecule has 2 aliphatic rings. The molecule has 17 heavy (non-hydrogen) atoms. The maximum Gasteiger partial charge on any atom is 0.270 e. The smallest absolute Gasteiger partial charge is 0.270 e. The second-order valence-electron chi connectivity index (χ2n) is 4.57. The van der Waals surface area contributed by atoms with E-state index in [1.54, 1.807) is 7.05 Å². The third-order valence-electron chi connectivity index (χ3n) is 3.11. The zero-order valence-electron chi connectivity index (χ0n) is 10.3. The van der Waals surface area contributed by atoms with E-state index in [-0.39, 0.29) is 11.8 Å². The number of nitrogens with one attached hydrogen (secondary N) is 1. The van der Waals surface area contributed by atoms with E-state index in [2.05, 4.69) is 17.3 Å². The van der Waals surface area contributed by atoms with E-state index in [1.807, 2.05) is 4.90 Å². The summed E-state index contributed by atoms with van der Waals surface area (Å²) in [5, 5.41) is 8.61. The average molecular weight is 238 g/mol. The van der Waals surface area contributed by atoms with E-state index in [0.717, 1.165) is 6.54 Å². The summed E-state index contributed by atoms with van der Waals surface area (Å²) in [7, 11) is 1.59. The summed E-state index contributed by atoms with van der Waals surface area (Å²) in [5.74, 6) is -0.0621. The topological polar surface area (TPSA) is 65.0 Å². The highest BCUT2D eigenvalue weighted by atomic mass is 16.2. The second-order valence-corrected chi connectivity index (χ2v) is 4.57. The molecule has 1 N–H and O–H groups in total. The molecule has 1 atom stereocenters. The first-order valence-corrected chi connectivity index (χ1v) is 5.94. The Labute approximate surface area is 101 Å². The molecule has 2 aliphatic heterocycles. The maximum atomic E-state index is 12.2. The fourth-order valence-corrected chi connectivity index (χ4v) is 2.12. The van der Waals surface area contributed by atoms with Crippen LogP contribution in [-0.2, 0) is 9.59 Å². The van der Waals surface area contributed by atoms with E-state index in [0.29, 0.717) is 37.7 Å². The van der Waals surface area contributed by atoms with Crippen LogP contribution in [-0.4, -0.2) is 60.2 Å². The van der Waals surface area contributed by atoms with Gasteiger partial charge in [0.05, 0.1) is 0 Å². The van der Waals surface area contributed by atoms with E-state index in [9.17, 15) is 9.59 Å². The Hall–Kier alpha value is -1.43. The lowest BCUT2D eigenvalue weighted by atomic mass is 10.1. The fourth-order valence-electron chi connectivity index (χ4n) is 2.12. The number of amides is 2. The van der Waals surface area contributed by atoms with Crippen LogP contribution in [0.3, 0.4) is 0 Å². The van der Waals surface area contributed by atoms with Gasteiger partial charge in [-0.3, -0.25) is 9.59 Å². The summed E-state index contributed by atoms with van der Waals surface area (Å²) in [4.78, 5) is 25.3. The number of carbonyl (C=O) groups excluding carboxylic acids is 2. The van der Waals surface area contributed by atoms with Crippen LogP contribution in [0, 0.1) is 0 Å². The summed E-state index contributed by atoms with van der Waals surface area (Å²) in [5.41, 5.74) is 0.501. The zero-order chi connectivity index (χ0) is 12.4. The van der Waals surface area contributed by atoms with Crippen molar-refractivity contribution in [3.63, 3.8) is 0 Å². The van der Waals surface area contributed by atoms with Gasteiger partial charge in [-0.15, -0.1) is 0 Å². The molecule has 2 rings (SSSR count). The average Bonchev–Trinajstić information content (AvgIpc) is 2.32. The van der Waals surface area contributed by atoms with Crippen LogP contribution in [0.2, 0.25) is 0 Å². The molecule has 6 heteroatoms. The Bertz CT molecular complexity index is 366. The minimum Gasteiger partial charge on any atom is -0.335 e. The van der Waals surface area contributed by atoms with Crippen molar-refractivity contribution in [3.8, 4) is 0 Å². The van der Waals surface area contributed by atoms with Crippen molar-refractivity contribution in [2.75, 3.05) is 26.7 Å². The quantitative estimate of drug-likeness (QED) is 0.664. The van der Waals surface area contributed by atoms with Crippen LogP contribution in [0.15, 0.2) is 5.10 Å². The first-order chi connectivity index (χ1) is 8.08. The third kappa shape index (κ3) is 2.63. The Balaban J connectivity index is 2.04. The van der Waals surface area contributed by atoms with E-state index < -0.39 is 0 Å². The molecular formula is C11H18N4O2. The summed E-state index contributed by atoms with van der Waals surface area (Å²) in [6, 6.07) is 0.316. The minimum atomic E-state index is -0.0322. The highest BCUT2D eigenvalue weighted by molar-refractivity contribution is 6.39. The van der Waals surface area contributed by atoms with Gasteiger partial charge in [0.2, 0.25) is 5.91 Å². The van der Waals surface area contributed by atoms with Crippen molar-refractivity contribution in [1.82, 2.24) is 15.2 Å². The number of nitrogens with zero attached hydrogens (tertiary/aromatic N) is 3. The number of hydrogen-bond donors (Lipinski definition) is 1. The van der Waals surface area contributed by atoms with Crippen LogP contribution in [0.5, 0.6) is 0 Å². The number of carbonyl (C=O) groups is 2. The molecule has 94 valence electrons. The molecule has 2 heterocycles. The first kappa shape index (κ1) is 12.0. The molecule has 0 bridgehead atoms. The van der Waals surface area contributed by atoms with E-state index in [1.165, 1.54) is 5.01 Å². The van der Waals surface area contributed by atoms with Crippen LogP contribution in [0.4, 0.5) is 0 Å². The molecule has 0 saturated carbocycles. The number of rotatable bonds is 1. The number of hydrazone groups is 1. The van der Waals surface area contributed by atoms with Crippen LogP contribution >= 0.6 is 0 Å². The van der Waals surface area contributed by atoms with E-state index in [4.69, 9.17) is 0 Å². The Kier molecular flexibility index (Phi) is 3.42. The molecule has 0 unspecified atom stereocenters. The summed E-state index contributed by atoms with van der Waals surface area (Å²) >= 11 is 0. The standard InChI is InChI=1S/C11H18N4O2/c1-8-7-15(6-5-12-8)11(17)9-3-4-10(16)14(2)13-9/h8,12H,3-7H2,1-2H3/t8-/m1/s1. The van der Waals surface area contributed by atoms with E-state index >= 15 is 0 Å². The van der Waals surface area contributed by atoms with Crippen molar-refractivity contribution in [2.24, 2.45) is 5.10 Å². The fraction of sp³-hybridized carbons (Fsp3) is 0.727. The first-order valence-electron chi connectivity index (χ1n) is 5.94. The van der Waals surface area contributed by atoms with Gasteiger partial charge in [-0.1, -0.05) is 0 Å². The Morgan fingerprint density at radius 3 is 2.88 bits per heavy atom.